The Kier molecular flexibility index (Phi) is 5.13. The number of carbonyl (C=O) groups excluding carboxylic acids is 1. The molecule has 0 aliphatic heterocycles. The van der Waals surface area contributed by atoms with Crippen LogP contribution in [0, 0.1) is 0 Å². The molecule has 5 heteroatoms. The largest absolute Gasteiger partial charge is 0.388 e. The molecule has 1 amide bonds. The molecule has 19 heavy (non-hydrogen) atoms. The van der Waals surface area contributed by atoms with E-state index in [4.69, 9.17) is 11.6 Å². The lowest BCUT2D eigenvalue weighted by Crippen LogP contribution is -2.47. The molecule has 0 atom stereocenters. The second kappa shape index (κ2) is 6.64. The van der Waals surface area contributed by atoms with Gasteiger partial charge in [-0.15, -0.1) is 11.8 Å². The van der Waals surface area contributed by atoms with Crippen LogP contribution in [0.4, 0.5) is 0 Å². The number of rotatable bonds is 6. The van der Waals surface area contributed by atoms with Gasteiger partial charge in [0.25, 0.3) is 0 Å². The average Bonchev–Trinajstić information content (AvgIpc) is 2.36. The maximum absolute atomic E-state index is 11.6. The van der Waals surface area contributed by atoms with Crippen molar-refractivity contribution in [1.82, 2.24) is 5.32 Å². The van der Waals surface area contributed by atoms with Crippen LogP contribution in [0.2, 0.25) is 5.02 Å². The van der Waals surface area contributed by atoms with Gasteiger partial charge in [-0.25, -0.2) is 0 Å². The summed E-state index contributed by atoms with van der Waals surface area (Å²) >= 11 is 7.61. The van der Waals surface area contributed by atoms with Gasteiger partial charge < -0.3 is 10.4 Å². The normalized spacial score (nSPS) is 16.7. The minimum Gasteiger partial charge on any atom is -0.388 e. The molecule has 0 bridgehead atoms. The van der Waals surface area contributed by atoms with Gasteiger partial charge in [0.1, 0.15) is 0 Å². The lowest BCUT2D eigenvalue weighted by atomic mass is 9.80. The van der Waals surface area contributed by atoms with E-state index in [0.29, 0.717) is 18.7 Å². The Morgan fingerprint density at radius 3 is 2.79 bits per heavy atom. The fourth-order valence-electron chi connectivity index (χ4n) is 1.93. The molecule has 1 aliphatic carbocycles. The number of amides is 1. The summed E-state index contributed by atoms with van der Waals surface area (Å²) < 4.78 is 0. The van der Waals surface area contributed by atoms with Crippen molar-refractivity contribution < 1.29 is 9.90 Å². The third-order valence-electron chi connectivity index (χ3n) is 3.32. The lowest BCUT2D eigenvalue weighted by molar-refractivity contribution is -0.123. The molecule has 3 nitrogen and oxygen atoms in total. The molecule has 0 heterocycles. The summed E-state index contributed by atoms with van der Waals surface area (Å²) in [4.78, 5) is 12.6. The maximum Gasteiger partial charge on any atom is 0.220 e. The Labute approximate surface area is 122 Å². The van der Waals surface area contributed by atoms with Crippen molar-refractivity contribution in [2.24, 2.45) is 0 Å². The predicted octanol–water partition coefficient (Wildman–Crippen LogP) is 2.85. The number of aliphatic hydroxyl groups is 1. The number of benzene rings is 1. The van der Waals surface area contributed by atoms with E-state index >= 15 is 0 Å². The minimum absolute atomic E-state index is 0.0140. The average molecular weight is 300 g/mol. The zero-order valence-electron chi connectivity index (χ0n) is 10.7. The van der Waals surface area contributed by atoms with Crippen molar-refractivity contribution in [2.75, 3.05) is 12.3 Å². The summed E-state index contributed by atoms with van der Waals surface area (Å²) in [6.45, 7) is 0.378. The fraction of sp³-hybridized carbons (Fsp3) is 0.500. The quantitative estimate of drug-likeness (QED) is 0.794. The predicted molar refractivity (Wildman–Crippen MR) is 78.6 cm³/mol. The van der Waals surface area contributed by atoms with E-state index < -0.39 is 5.60 Å². The zero-order valence-corrected chi connectivity index (χ0v) is 12.3. The number of hydrogen-bond donors (Lipinski definition) is 2. The van der Waals surface area contributed by atoms with E-state index in [0.717, 1.165) is 29.2 Å². The summed E-state index contributed by atoms with van der Waals surface area (Å²) in [5.41, 5.74) is -0.647. The molecule has 1 aromatic carbocycles. The Bertz CT molecular complexity index is 449. The summed E-state index contributed by atoms with van der Waals surface area (Å²) in [6, 6.07) is 7.61. The van der Waals surface area contributed by atoms with Gasteiger partial charge in [-0.1, -0.05) is 23.7 Å². The lowest BCUT2D eigenvalue weighted by Gasteiger charge is -2.36. The van der Waals surface area contributed by atoms with Gasteiger partial charge in [0.15, 0.2) is 0 Å². The molecular formula is C14H18ClNO2S. The Morgan fingerprint density at radius 2 is 2.16 bits per heavy atom. The smallest absolute Gasteiger partial charge is 0.220 e. The highest BCUT2D eigenvalue weighted by Crippen LogP contribution is 2.30. The van der Waals surface area contributed by atoms with Gasteiger partial charge in [-0.3, -0.25) is 4.79 Å². The fourth-order valence-corrected chi connectivity index (χ4v) is 3.12. The molecular weight excluding hydrogens is 282 g/mol. The van der Waals surface area contributed by atoms with Crippen molar-refractivity contribution in [1.29, 1.82) is 0 Å². The number of nitrogens with one attached hydrogen (secondary N) is 1. The Hall–Kier alpha value is -0.710. The molecule has 0 aromatic heterocycles. The van der Waals surface area contributed by atoms with Crippen LogP contribution >= 0.6 is 23.4 Å². The molecule has 1 aromatic rings. The van der Waals surface area contributed by atoms with Crippen LogP contribution in [-0.2, 0) is 4.79 Å². The third-order valence-corrected chi connectivity index (χ3v) is 4.84. The van der Waals surface area contributed by atoms with Gasteiger partial charge in [0, 0.05) is 23.6 Å². The third kappa shape index (κ3) is 4.41. The number of thioether (sulfide) groups is 1. The van der Waals surface area contributed by atoms with Crippen LogP contribution in [0.5, 0.6) is 0 Å². The van der Waals surface area contributed by atoms with Crippen LogP contribution in [0.1, 0.15) is 25.7 Å². The molecule has 0 radical (unpaired) electrons. The first-order valence-electron chi connectivity index (χ1n) is 6.45. The van der Waals surface area contributed by atoms with Crippen LogP contribution in [0.3, 0.4) is 0 Å². The summed E-state index contributed by atoms with van der Waals surface area (Å²) in [7, 11) is 0. The second-order valence-electron chi connectivity index (χ2n) is 4.88. The van der Waals surface area contributed by atoms with Gasteiger partial charge in [-0.05, 0) is 31.4 Å². The monoisotopic (exact) mass is 299 g/mol. The topological polar surface area (TPSA) is 49.3 Å². The Balaban J connectivity index is 1.65. The highest BCUT2D eigenvalue weighted by atomic mass is 35.5. The summed E-state index contributed by atoms with van der Waals surface area (Å²) in [5.74, 6) is 0.674. The van der Waals surface area contributed by atoms with E-state index in [-0.39, 0.29) is 5.91 Å². The molecule has 104 valence electrons. The van der Waals surface area contributed by atoms with Crippen molar-refractivity contribution >= 4 is 29.3 Å². The molecule has 0 spiro atoms. The van der Waals surface area contributed by atoms with Crippen LogP contribution in [0.25, 0.3) is 0 Å². The highest BCUT2D eigenvalue weighted by molar-refractivity contribution is 7.99. The molecule has 2 N–H and O–H groups in total. The minimum atomic E-state index is -0.647. The number of halogens is 1. The molecule has 1 aliphatic rings. The number of carbonyl (C=O) groups is 1. The molecule has 1 saturated carbocycles. The maximum atomic E-state index is 11.6. The highest BCUT2D eigenvalue weighted by Gasteiger charge is 2.34. The zero-order chi connectivity index (χ0) is 13.7. The van der Waals surface area contributed by atoms with Crippen LogP contribution in [0.15, 0.2) is 29.2 Å². The van der Waals surface area contributed by atoms with E-state index in [9.17, 15) is 9.90 Å². The molecule has 0 saturated heterocycles. The first kappa shape index (κ1) is 14.7. The van der Waals surface area contributed by atoms with E-state index in [2.05, 4.69) is 5.32 Å². The number of hydrogen-bond acceptors (Lipinski definition) is 3. The van der Waals surface area contributed by atoms with Gasteiger partial charge in [0.2, 0.25) is 5.91 Å². The molecule has 1 fully saturated rings. The first-order chi connectivity index (χ1) is 9.09. The van der Waals surface area contributed by atoms with Crippen LogP contribution < -0.4 is 5.32 Å². The van der Waals surface area contributed by atoms with Crippen molar-refractivity contribution in [3.63, 3.8) is 0 Å². The van der Waals surface area contributed by atoms with E-state index in [1.54, 1.807) is 11.8 Å². The SMILES string of the molecule is O=C(CCSc1ccccc1Cl)NCC1(O)CCC1. The van der Waals surface area contributed by atoms with Gasteiger partial charge >= 0.3 is 0 Å². The van der Waals surface area contributed by atoms with E-state index in [1.165, 1.54) is 0 Å². The summed E-state index contributed by atoms with van der Waals surface area (Å²) in [6.07, 6.45) is 3.07. The van der Waals surface area contributed by atoms with Crippen LogP contribution in [-0.4, -0.2) is 28.9 Å². The first-order valence-corrected chi connectivity index (χ1v) is 7.82. The van der Waals surface area contributed by atoms with Gasteiger partial charge in [0.05, 0.1) is 10.6 Å². The van der Waals surface area contributed by atoms with Crippen molar-refractivity contribution in [3.8, 4) is 0 Å². The Morgan fingerprint density at radius 1 is 1.42 bits per heavy atom. The summed E-state index contributed by atoms with van der Waals surface area (Å²) in [5, 5.41) is 13.4. The molecule has 0 unspecified atom stereocenters. The second-order valence-corrected chi connectivity index (χ2v) is 6.43. The van der Waals surface area contributed by atoms with Gasteiger partial charge in [-0.2, -0.15) is 0 Å². The van der Waals surface area contributed by atoms with Crippen molar-refractivity contribution in [3.05, 3.63) is 29.3 Å². The van der Waals surface area contributed by atoms with E-state index in [1.807, 2.05) is 24.3 Å². The van der Waals surface area contributed by atoms with Crippen molar-refractivity contribution in [2.45, 2.75) is 36.2 Å². The standard InChI is InChI=1S/C14H18ClNO2S/c15-11-4-1-2-5-12(11)19-9-6-13(17)16-10-14(18)7-3-8-14/h1-2,4-5,18H,3,6-10H2,(H,16,17). The molecule has 2 rings (SSSR count).